The van der Waals surface area contributed by atoms with Crippen molar-refractivity contribution in [2.24, 2.45) is 0 Å². The van der Waals surface area contributed by atoms with E-state index in [0.29, 0.717) is 26.2 Å². The first kappa shape index (κ1) is 21.9. The third kappa shape index (κ3) is 6.01. The highest BCUT2D eigenvalue weighted by atomic mass is 35.5. The summed E-state index contributed by atoms with van der Waals surface area (Å²) in [6, 6.07) is 6.77. The Morgan fingerprint density at radius 3 is 2.69 bits per heavy atom. The van der Waals surface area contributed by atoms with E-state index in [1.54, 1.807) is 7.11 Å². The number of hydrogen-bond acceptors (Lipinski definition) is 4. The van der Waals surface area contributed by atoms with E-state index in [-0.39, 0.29) is 29.6 Å². The number of benzene rings is 1. The Balaban J connectivity index is 0.00000338. The average molecular weight is 393 g/mol. The quantitative estimate of drug-likeness (QED) is 0.676. The number of carbonyl (C=O) groups is 1. The number of nitrogens with one attached hydrogen (secondary N) is 2. The minimum absolute atomic E-state index is 0. The first-order valence-corrected chi connectivity index (χ1v) is 7.63. The molecule has 2 N–H and O–H groups in total. The van der Waals surface area contributed by atoms with Gasteiger partial charge in [0.1, 0.15) is 5.69 Å². The minimum atomic E-state index is -4.53. The van der Waals surface area contributed by atoms with Crippen LogP contribution in [0.5, 0.6) is 0 Å². The number of alkyl halides is 3. The highest BCUT2D eigenvalue weighted by Crippen LogP contribution is 2.30. The third-order valence-electron chi connectivity index (χ3n) is 3.36. The number of halogens is 4. The van der Waals surface area contributed by atoms with E-state index in [1.165, 1.54) is 24.3 Å². The molecule has 1 amide bonds. The van der Waals surface area contributed by atoms with Gasteiger partial charge >= 0.3 is 6.18 Å². The zero-order chi connectivity index (χ0) is 18.3. The first-order valence-electron chi connectivity index (χ1n) is 7.63. The summed E-state index contributed by atoms with van der Waals surface area (Å²) in [5.41, 5.74) is -0.464. The fourth-order valence-electron chi connectivity index (χ4n) is 2.17. The lowest BCUT2D eigenvalue weighted by Crippen LogP contribution is -2.33. The van der Waals surface area contributed by atoms with Crippen LogP contribution >= 0.6 is 12.4 Å². The SMILES string of the molecule is COCCNCCNC(=O)c1cccc(-n2nccc2C(F)(F)F)c1.Cl. The van der Waals surface area contributed by atoms with E-state index in [1.807, 2.05) is 0 Å². The number of rotatable bonds is 8. The minimum Gasteiger partial charge on any atom is -0.383 e. The Morgan fingerprint density at radius 1 is 1.23 bits per heavy atom. The topological polar surface area (TPSA) is 68.2 Å². The number of aromatic nitrogens is 2. The van der Waals surface area contributed by atoms with Crippen molar-refractivity contribution in [3.63, 3.8) is 0 Å². The summed E-state index contributed by atoms with van der Waals surface area (Å²) in [5, 5.41) is 9.47. The van der Waals surface area contributed by atoms with Crippen LogP contribution in [-0.2, 0) is 10.9 Å². The standard InChI is InChI=1S/C16H19F3N4O2.ClH/c1-25-10-9-20-7-8-21-15(24)12-3-2-4-13(11-12)23-14(5-6-22-23)16(17,18)19;/h2-6,11,20H,7-10H2,1H3,(H,21,24);1H. The van der Waals surface area contributed by atoms with Crippen LogP contribution in [0.15, 0.2) is 36.5 Å². The van der Waals surface area contributed by atoms with Crippen molar-refractivity contribution in [3.05, 3.63) is 47.8 Å². The number of amides is 1. The molecule has 0 atom stereocenters. The van der Waals surface area contributed by atoms with Gasteiger partial charge in [0, 0.05) is 32.3 Å². The Kier molecular flexibility index (Phi) is 8.56. The summed E-state index contributed by atoms with van der Waals surface area (Å²) in [7, 11) is 1.60. The molecule has 0 aliphatic rings. The van der Waals surface area contributed by atoms with Crippen LogP contribution in [0.3, 0.4) is 0 Å². The van der Waals surface area contributed by atoms with Crippen molar-refractivity contribution in [1.82, 2.24) is 20.4 Å². The average Bonchev–Trinajstić information content (AvgIpc) is 3.08. The smallest absolute Gasteiger partial charge is 0.383 e. The van der Waals surface area contributed by atoms with E-state index in [2.05, 4.69) is 15.7 Å². The monoisotopic (exact) mass is 392 g/mol. The second kappa shape index (κ2) is 10.1. The zero-order valence-electron chi connectivity index (χ0n) is 14.0. The maximum absolute atomic E-state index is 13.0. The molecule has 0 fully saturated rings. The van der Waals surface area contributed by atoms with Gasteiger partial charge in [0.05, 0.1) is 18.5 Å². The molecule has 1 aromatic heterocycles. The van der Waals surface area contributed by atoms with Crippen LogP contribution in [0.1, 0.15) is 16.1 Å². The molecule has 0 aliphatic heterocycles. The molecule has 0 saturated heterocycles. The van der Waals surface area contributed by atoms with E-state index >= 15 is 0 Å². The number of nitrogens with zero attached hydrogens (tertiary/aromatic N) is 2. The van der Waals surface area contributed by atoms with Crippen molar-refractivity contribution >= 4 is 18.3 Å². The number of methoxy groups -OCH3 is 1. The molecule has 0 saturated carbocycles. The van der Waals surface area contributed by atoms with Gasteiger partial charge in [0.2, 0.25) is 0 Å². The molecule has 144 valence electrons. The van der Waals surface area contributed by atoms with Gasteiger partial charge in [-0.05, 0) is 24.3 Å². The molecule has 6 nitrogen and oxygen atoms in total. The zero-order valence-corrected chi connectivity index (χ0v) is 14.9. The molecular formula is C16H20ClF3N4O2. The molecular weight excluding hydrogens is 373 g/mol. The normalized spacial score (nSPS) is 11.1. The van der Waals surface area contributed by atoms with Crippen molar-refractivity contribution in [1.29, 1.82) is 0 Å². The van der Waals surface area contributed by atoms with Crippen molar-refractivity contribution in [2.75, 3.05) is 33.4 Å². The van der Waals surface area contributed by atoms with Gasteiger partial charge in [-0.3, -0.25) is 4.79 Å². The van der Waals surface area contributed by atoms with Crippen LogP contribution in [0.4, 0.5) is 13.2 Å². The lowest BCUT2D eigenvalue weighted by molar-refractivity contribution is -0.142. The van der Waals surface area contributed by atoms with Crippen LogP contribution in [0.25, 0.3) is 5.69 Å². The van der Waals surface area contributed by atoms with Crippen LogP contribution in [0.2, 0.25) is 0 Å². The Labute approximate surface area is 155 Å². The second-order valence-corrected chi connectivity index (χ2v) is 5.18. The van der Waals surface area contributed by atoms with Gasteiger partial charge in [0.15, 0.2) is 0 Å². The van der Waals surface area contributed by atoms with Crippen LogP contribution in [-0.4, -0.2) is 49.0 Å². The molecule has 0 radical (unpaired) electrons. The van der Waals surface area contributed by atoms with Crippen molar-refractivity contribution in [2.45, 2.75) is 6.18 Å². The molecule has 10 heteroatoms. The van der Waals surface area contributed by atoms with Gasteiger partial charge in [-0.25, -0.2) is 4.68 Å². The summed E-state index contributed by atoms with van der Waals surface area (Å²) in [6.07, 6.45) is -3.45. The molecule has 1 heterocycles. The molecule has 1 aromatic carbocycles. The lowest BCUT2D eigenvalue weighted by atomic mass is 10.2. The highest BCUT2D eigenvalue weighted by Gasteiger charge is 2.35. The fraction of sp³-hybridized carbons (Fsp3) is 0.375. The number of hydrogen-bond donors (Lipinski definition) is 2. The molecule has 0 bridgehead atoms. The highest BCUT2D eigenvalue weighted by molar-refractivity contribution is 5.94. The molecule has 2 rings (SSSR count). The largest absolute Gasteiger partial charge is 0.433 e. The van der Waals surface area contributed by atoms with Crippen LogP contribution < -0.4 is 10.6 Å². The maximum atomic E-state index is 13.0. The summed E-state index contributed by atoms with van der Waals surface area (Å²) in [4.78, 5) is 12.1. The summed E-state index contributed by atoms with van der Waals surface area (Å²) in [6.45, 7) is 2.19. The van der Waals surface area contributed by atoms with Gasteiger partial charge in [0.25, 0.3) is 5.91 Å². The van der Waals surface area contributed by atoms with E-state index in [9.17, 15) is 18.0 Å². The van der Waals surface area contributed by atoms with Gasteiger partial charge in [-0.2, -0.15) is 18.3 Å². The van der Waals surface area contributed by atoms with Gasteiger partial charge in [-0.15, -0.1) is 12.4 Å². The van der Waals surface area contributed by atoms with Crippen molar-refractivity contribution in [3.8, 4) is 5.69 Å². The Morgan fingerprint density at radius 2 is 2.00 bits per heavy atom. The Hall–Kier alpha value is -2.10. The second-order valence-electron chi connectivity index (χ2n) is 5.18. The summed E-state index contributed by atoms with van der Waals surface area (Å²) in [5.74, 6) is -0.365. The van der Waals surface area contributed by atoms with Gasteiger partial charge in [-0.1, -0.05) is 6.07 Å². The lowest BCUT2D eigenvalue weighted by Gasteiger charge is -2.11. The molecule has 0 spiro atoms. The predicted molar refractivity (Wildman–Crippen MR) is 92.9 cm³/mol. The van der Waals surface area contributed by atoms with Crippen molar-refractivity contribution < 1.29 is 22.7 Å². The number of ether oxygens (including phenoxy) is 1. The molecule has 26 heavy (non-hydrogen) atoms. The molecule has 0 unspecified atom stereocenters. The third-order valence-corrected chi connectivity index (χ3v) is 3.36. The fourth-order valence-corrected chi connectivity index (χ4v) is 2.17. The summed E-state index contributed by atoms with van der Waals surface area (Å²) < 4.78 is 44.5. The number of carbonyl (C=O) groups excluding carboxylic acids is 1. The van der Waals surface area contributed by atoms with E-state index < -0.39 is 11.9 Å². The molecule has 2 aromatic rings. The van der Waals surface area contributed by atoms with E-state index in [4.69, 9.17) is 4.74 Å². The maximum Gasteiger partial charge on any atom is 0.433 e. The first-order chi connectivity index (χ1) is 11.9. The predicted octanol–water partition coefficient (Wildman–Crippen LogP) is 2.28. The van der Waals surface area contributed by atoms with Gasteiger partial charge < -0.3 is 15.4 Å². The summed E-state index contributed by atoms with van der Waals surface area (Å²) >= 11 is 0. The van der Waals surface area contributed by atoms with E-state index in [0.717, 1.165) is 16.9 Å². The Bertz CT molecular complexity index is 707. The molecule has 0 aliphatic carbocycles. The van der Waals surface area contributed by atoms with Crippen LogP contribution in [0, 0.1) is 0 Å².